The van der Waals surface area contributed by atoms with E-state index in [-0.39, 0.29) is 0 Å². The van der Waals surface area contributed by atoms with Crippen LogP contribution in [-0.2, 0) is 0 Å². The third-order valence-electron chi connectivity index (χ3n) is 4.48. The van der Waals surface area contributed by atoms with Gasteiger partial charge in [-0.3, -0.25) is 0 Å². The minimum atomic E-state index is 0.714. The predicted octanol–water partition coefficient (Wildman–Crippen LogP) is 3.63. The zero-order valence-corrected chi connectivity index (χ0v) is 8.56. The molecule has 0 radical (unpaired) electrons. The van der Waals surface area contributed by atoms with Crippen molar-refractivity contribution in [2.75, 3.05) is 0 Å². The van der Waals surface area contributed by atoms with E-state index in [2.05, 4.69) is 27.4 Å². The molecule has 0 amide bonds. The Bertz CT molecular complexity index is 216. The molecular weight excluding hydrogens is 144 g/mol. The quantitative estimate of drug-likeness (QED) is 0.547. The lowest BCUT2D eigenvalue weighted by Crippen LogP contribution is -2.59. The highest BCUT2D eigenvalue weighted by molar-refractivity contribution is 5.29. The fourth-order valence-corrected chi connectivity index (χ4v) is 3.73. The Morgan fingerprint density at radius 1 is 1.67 bits per heavy atom. The lowest BCUT2D eigenvalue weighted by atomic mass is 9.38. The molecule has 0 heterocycles. The topological polar surface area (TPSA) is 0 Å². The highest BCUT2D eigenvalue weighted by Crippen LogP contribution is 2.70. The molecule has 2 fully saturated rings. The van der Waals surface area contributed by atoms with E-state index in [9.17, 15) is 0 Å². The first-order valence-corrected chi connectivity index (χ1v) is 5.29. The second-order valence-corrected chi connectivity index (χ2v) is 5.04. The summed E-state index contributed by atoms with van der Waals surface area (Å²) < 4.78 is 0. The van der Waals surface area contributed by atoms with Crippen molar-refractivity contribution in [1.29, 1.82) is 0 Å². The summed E-state index contributed by atoms with van der Waals surface area (Å²) in [6.45, 7) is 11.3. The highest BCUT2D eigenvalue weighted by Gasteiger charge is 2.61. The van der Waals surface area contributed by atoms with Crippen LogP contribution in [0.3, 0.4) is 0 Å². The molecule has 2 aliphatic carbocycles. The Kier molecular flexibility index (Phi) is 1.65. The first kappa shape index (κ1) is 8.34. The predicted molar refractivity (Wildman–Crippen MR) is 52.9 cm³/mol. The maximum atomic E-state index is 4.16. The molecule has 4 unspecified atom stereocenters. The van der Waals surface area contributed by atoms with Gasteiger partial charge < -0.3 is 0 Å². The van der Waals surface area contributed by atoms with Gasteiger partial charge in [0.05, 0.1) is 0 Å². The largest absolute Gasteiger partial charge is 0.0995 e. The van der Waals surface area contributed by atoms with Crippen molar-refractivity contribution < 1.29 is 0 Å². The molecule has 2 saturated carbocycles. The molecule has 0 N–H and O–H groups in total. The maximum absolute atomic E-state index is 4.16. The van der Waals surface area contributed by atoms with Crippen molar-refractivity contribution >= 4 is 0 Å². The van der Waals surface area contributed by atoms with E-state index in [0.29, 0.717) is 5.41 Å². The zero-order valence-electron chi connectivity index (χ0n) is 8.56. The molecule has 0 nitrogen and oxygen atoms in total. The van der Waals surface area contributed by atoms with Crippen LogP contribution in [0, 0.1) is 23.2 Å². The van der Waals surface area contributed by atoms with Crippen molar-refractivity contribution in [1.82, 2.24) is 0 Å². The van der Waals surface area contributed by atoms with Gasteiger partial charge >= 0.3 is 0 Å². The summed E-state index contributed by atoms with van der Waals surface area (Å²) >= 11 is 0. The summed E-state index contributed by atoms with van der Waals surface area (Å²) in [5.41, 5.74) is 2.25. The molecule has 0 spiro atoms. The van der Waals surface area contributed by atoms with E-state index in [0.717, 1.165) is 17.8 Å². The smallest absolute Gasteiger partial charge is 0.0117 e. The van der Waals surface area contributed by atoms with Crippen molar-refractivity contribution in [3.05, 3.63) is 12.2 Å². The molecule has 0 aliphatic heterocycles. The standard InChI is InChI=1S/C12H20/c1-5-10(4)12-6-8(2)11(12)9(3)7-12/h9-11H,2,5-7H2,1,3-4H3. The van der Waals surface area contributed by atoms with Crippen molar-refractivity contribution in [3.8, 4) is 0 Å². The summed E-state index contributed by atoms with van der Waals surface area (Å²) in [4.78, 5) is 0. The molecule has 0 aromatic carbocycles. The minimum absolute atomic E-state index is 0.714. The SMILES string of the molecule is C=C1CC2(C(C)CC)CC(C)C12. The number of fused-ring (bicyclic) bond motifs is 1. The average Bonchev–Trinajstić information content (AvgIpc) is 1.99. The van der Waals surface area contributed by atoms with E-state index in [1.807, 2.05) is 0 Å². The van der Waals surface area contributed by atoms with E-state index in [4.69, 9.17) is 0 Å². The van der Waals surface area contributed by atoms with Crippen LogP contribution in [0.25, 0.3) is 0 Å². The van der Waals surface area contributed by atoms with E-state index in [1.54, 1.807) is 0 Å². The van der Waals surface area contributed by atoms with Crippen LogP contribution in [0.5, 0.6) is 0 Å². The van der Waals surface area contributed by atoms with Gasteiger partial charge in [-0.2, -0.15) is 0 Å². The third kappa shape index (κ3) is 0.739. The Balaban J connectivity index is 2.11. The summed E-state index contributed by atoms with van der Waals surface area (Å²) in [6.07, 6.45) is 4.14. The van der Waals surface area contributed by atoms with Crippen LogP contribution in [0.15, 0.2) is 12.2 Å². The maximum Gasteiger partial charge on any atom is -0.0117 e. The number of hydrogen-bond donors (Lipinski definition) is 0. The van der Waals surface area contributed by atoms with Crippen LogP contribution < -0.4 is 0 Å². The fourth-order valence-electron chi connectivity index (χ4n) is 3.73. The van der Waals surface area contributed by atoms with Crippen molar-refractivity contribution in [3.63, 3.8) is 0 Å². The van der Waals surface area contributed by atoms with Gasteiger partial charge in [0.1, 0.15) is 0 Å². The molecule has 0 heteroatoms. The Morgan fingerprint density at radius 3 is 2.75 bits per heavy atom. The summed E-state index contributed by atoms with van der Waals surface area (Å²) in [6, 6.07) is 0. The van der Waals surface area contributed by atoms with E-state index < -0.39 is 0 Å². The third-order valence-corrected chi connectivity index (χ3v) is 4.48. The van der Waals surface area contributed by atoms with Crippen LogP contribution >= 0.6 is 0 Å². The van der Waals surface area contributed by atoms with E-state index in [1.165, 1.54) is 24.8 Å². The number of rotatable bonds is 2. The number of allylic oxidation sites excluding steroid dienone is 1. The lowest BCUT2D eigenvalue weighted by molar-refractivity contribution is -0.113. The molecule has 4 atom stereocenters. The molecule has 0 aromatic rings. The average molecular weight is 164 g/mol. The molecule has 0 bridgehead atoms. The van der Waals surface area contributed by atoms with Crippen molar-refractivity contribution in [2.24, 2.45) is 23.2 Å². The molecule has 12 heavy (non-hydrogen) atoms. The fraction of sp³-hybridized carbons (Fsp3) is 0.833. The van der Waals surface area contributed by atoms with Gasteiger partial charge in [0.15, 0.2) is 0 Å². The lowest BCUT2D eigenvalue weighted by Gasteiger charge is -2.67. The summed E-state index contributed by atoms with van der Waals surface area (Å²) in [7, 11) is 0. The second kappa shape index (κ2) is 2.37. The van der Waals surface area contributed by atoms with E-state index >= 15 is 0 Å². The van der Waals surface area contributed by atoms with Crippen LogP contribution in [0.4, 0.5) is 0 Å². The highest BCUT2D eigenvalue weighted by atomic mass is 14.7. The van der Waals surface area contributed by atoms with Gasteiger partial charge in [0.2, 0.25) is 0 Å². The van der Waals surface area contributed by atoms with Gasteiger partial charge in [-0.1, -0.05) is 39.3 Å². The number of hydrogen-bond acceptors (Lipinski definition) is 0. The minimum Gasteiger partial charge on any atom is -0.0995 e. The Hall–Kier alpha value is -0.260. The summed E-state index contributed by atoms with van der Waals surface area (Å²) in [5.74, 6) is 2.75. The van der Waals surface area contributed by atoms with Gasteiger partial charge in [-0.05, 0) is 36.0 Å². The molecule has 68 valence electrons. The normalized spacial score (nSPS) is 47.4. The summed E-state index contributed by atoms with van der Waals surface area (Å²) in [5, 5.41) is 0. The van der Waals surface area contributed by atoms with Gasteiger partial charge in [0.25, 0.3) is 0 Å². The monoisotopic (exact) mass is 164 g/mol. The van der Waals surface area contributed by atoms with Crippen LogP contribution in [-0.4, -0.2) is 0 Å². The second-order valence-electron chi connectivity index (χ2n) is 5.04. The van der Waals surface area contributed by atoms with Crippen LogP contribution in [0.2, 0.25) is 0 Å². The molecule has 0 saturated heterocycles. The van der Waals surface area contributed by atoms with Gasteiger partial charge in [-0.25, -0.2) is 0 Å². The van der Waals surface area contributed by atoms with Crippen LogP contribution in [0.1, 0.15) is 40.0 Å². The zero-order chi connectivity index (χ0) is 8.93. The van der Waals surface area contributed by atoms with Gasteiger partial charge in [-0.15, -0.1) is 0 Å². The van der Waals surface area contributed by atoms with Crippen molar-refractivity contribution in [2.45, 2.75) is 40.0 Å². The Morgan fingerprint density at radius 2 is 2.33 bits per heavy atom. The molecule has 0 aromatic heterocycles. The van der Waals surface area contributed by atoms with Gasteiger partial charge in [0, 0.05) is 0 Å². The molecule has 2 rings (SSSR count). The first-order chi connectivity index (χ1) is 5.62. The first-order valence-electron chi connectivity index (χ1n) is 5.29. The Labute approximate surface area is 76.1 Å². The molecule has 2 aliphatic rings. The molecular formula is C12H20.